The van der Waals surface area contributed by atoms with Gasteiger partial charge in [-0.05, 0) is 30.3 Å². The zero-order chi connectivity index (χ0) is 19.0. The zero-order valence-electron chi connectivity index (χ0n) is 14.6. The van der Waals surface area contributed by atoms with Crippen molar-refractivity contribution < 1.29 is 5.11 Å². The molecule has 0 spiro atoms. The van der Waals surface area contributed by atoms with Crippen molar-refractivity contribution in [2.24, 2.45) is 7.05 Å². The van der Waals surface area contributed by atoms with Crippen LogP contribution in [0.2, 0.25) is 0 Å². The quantitative estimate of drug-likeness (QED) is 0.430. The summed E-state index contributed by atoms with van der Waals surface area (Å²) in [5.41, 5.74) is 1.09. The fourth-order valence-electron chi connectivity index (χ4n) is 2.70. The van der Waals surface area contributed by atoms with Gasteiger partial charge in [-0.3, -0.25) is 4.79 Å². The van der Waals surface area contributed by atoms with Gasteiger partial charge in [-0.25, -0.2) is 4.98 Å². The number of nitrogens with one attached hydrogen (secondary N) is 1. The lowest BCUT2D eigenvalue weighted by molar-refractivity contribution is 0.476. The topological polar surface area (TPSA) is 96.7 Å². The first-order valence-electron chi connectivity index (χ1n) is 8.02. The second kappa shape index (κ2) is 8.34. The van der Waals surface area contributed by atoms with Crippen LogP contribution >= 0.6 is 40.1 Å². The largest absolute Gasteiger partial charge is 0.507 e. The molecule has 7 nitrogen and oxygen atoms in total. The van der Waals surface area contributed by atoms with Crippen LogP contribution in [-0.2, 0) is 12.8 Å². The molecule has 144 valence electrons. The van der Waals surface area contributed by atoms with Gasteiger partial charge in [-0.15, -0.1) is 22.6 Å². The molecule has 0 atom stereocenters. The van der Waals surface area contributed by atoms with Crippen molar-refractivity contribution in [3.8, 4) is 17.1 Å². The Kier molecular flexibility index (Phi) is 6.07. The fourth-order valence-corrected chi connectivity index (χ4v) is 3.84. The van der Waals surface area contributed by atoms with Crippen LogP contribution in [0.4, 0.5) is 0 Å². The number of phenols is 1. The first-order valence-corrected chi connectivity index (χ1v) is 9.80. The summed E-state index contributed by atoms with van der Waals surface area (Å²) in [5.74, 6) is 1.69. The van der Waals surface area contributed by atoms with E-state index in [9.17, 15) is 9.90 Å². The second-order valence-corrected chi connectivity index (χ2v) is 7.70. The van der Waals surface area contributed by atoms with Crippen molar-refractivity contribution in [1.29, 1.82) is 0 Å². The number of aromatic hydroxyl groups is 1. The van der Waals surface area contributed by atoms with Crippen LogP contribution in [0, 0.1) is 0 Å². The average molecular weight is 481 g/mol. The molecule has 0 radical (unpaired) electrons. The van der Waals surface area contributed by atoms with E-state index < -0.39 is 0 Å². The number of rotatable bonds is 4. The Balaban J connectivity index is 0.00000225. The molecule has 4 rings (SSSR count). The standard InChI is InChI=1S/C18H14BrN5O2S.ClH/c1-24-16(12-8-10(19)6-7-14(12)25)22-23-18(24)27-9-15-20-13-5-3-2-4-11(13)17(26)21-15;/h2-8,25H,9H2,1H3,(H,20,21,26);1H. The van der Waals surface area contributed by atoms with Crippen LogP contribution in [0.3, 0.4) is 0 Å². The van der Waals surface area contributed by atoms with E-state index in [-0.39, 0.29) is 23.7 Å². The number of fused-ring (bicyclic) bond motifs is 1. The number of hydrogen-bond acceptors (Lipinski definition) is 6. The highest BCUT2D eigenvalue weighted by molar-refractivity contribution is 9.10. The van der Waals surface area contributed by atoms with E-state index in [0.29, 0.717) is 39.0 Å². The summed E-state index contributed by atoms with van der Waals surface area (Å²) in [7, 11) is 1.83. The van der Waals surface area contributed by atoms with Crippen LogP contribution in [-0.4, -0.2) is 29.8 Å². The number of para-hydroxylation sites is 1. The summed E-state index contributed by atoms with van der Waals surface area (Å²) in [6.07, 6.45) is 0. The van der Waals surface area contributed by atoms with Crippen LogP contribution in [0.25, 0.3) is 22.3 Å². The molecule has 4 aromatic rings. The summed E-state index contributed by atoms with van der Waals surface area (Å²) in [4.78, 5) is 19.5. The molecule has 2 aromatic heterocycles. The lowest BCUT2D eigenvalue weighted by Gasteiger charge is -2.06. The molecule has 2 aromatic carbocycles. The number of halogens is 2. The minimum atomic E-state index is -0.158. The average Bonchev–Trinajstić information content (AvgIpc) is 3.02. The summed E-state index contributed by atoms with van der Waals surface area (Å²) in [6.45, 7) is 0. The highest BCUT2D eigenvalue weighted by Gasteiger charge is 2.15. The van der Waals surface area contributed by atoms with E-state index in [1.165, 1.54) is 11.8 Å². The van der Waals surface area contributed by atoms with E-state index in [4.69, 9.17) is 0 Å². The van der Waals surface area contributed by atoms with Crippen molar-refractivity contribution in [2.45, 2.75) is 10.9 Å². The van der Waals surface area contributed by atoms with Gasteiger partial charge in [-0.1, -0.05) is 39.8 Å². The zero-order valence-corrected chi connectivity index (χ0v) is 17.8. The van der Waals surface area contributed by atoms with Crippen LogP contribution < -0.4 is 5.56 Å². The number of phenolic OH excluding ortho intramolecular Hbond substituents is 1. The first-order chi connectivity index (χ1) is 13.0. The number of benzene rings is 2. The van der Waals surface area contributed by atoms with Gasteiger partial charge in [0, 0.05) is 11.5 Å². The molecule has 0 fully saturated rings. The Hall–Kier alpha value is -2.36. The number of hydrogen-bond donors (Lipinski definition) is 2. The summed E-state index contributed by atoms with van der Waals surface area (Å²) in [5, 5.41) is 19.7. The lowest BCUT2D eigenvalue weighted by atomic mass is 10.2. The van der Waals surface area contributed by atoms with Gasteiger partial charge in [0.1, 0.15) is 11.6 Å². The minimum Gasteiger partial charge on any atom is -0.507 e. The smallest absolute Gasteiger partial charge is 0.258 e. The Labute approximate surface area is 178 Å². The Morgan fingerprint density at radius 3 is 2.82 bits per heavy atom. The maximum absolute atomic E-state index is 12.2. The van der Waals surface area contributed by atoms with Crippen LogP contribution in [0.5, 0.6) is 5.75 Å². The Morgan fingerprint density at radius 1 is 1.21 bits per heavy atom. The van der Waals surface area contributed by atoms with Crippen LogP contribution in [0.15, 0.2) is 56.9 Å². The normalized spacial score (nSPS) is 10.8. The molecular weight excluding hydrogens is 466 g/mol. The van der Waals surface area contributed by atoms with Gasteiger partial charge < -0.3 is 14.7 Å². The van der Waals surface area contributed by atoms with Gasteiger partial charge in [-0.2, -0.15) is 0 Å². The number of thioether (sulfide) groups is 1. The molecule has 2 N–H and O–H groups in total. The summed E-state index contributed by atoms with van der Waals surface area (Å²) >= 11 is 4.80. The molecule has 0 aliphatic carbocycles. The van der Waals surface area contributed by atoms with Crippen molar-refractivity contribution >= 4 is 51.0 Å². The van der Waals surface area contributed by atoms with Crippen molar-refractivity contribution in [1.82, 2.24) is 24.7 Å². The predicted octanol–water partition coefficient (Wildman–Crippen LogP) is 3.90. The molecule has 0 unspecified atom stereocenters. The maximum Gasteiger partial charge on any atom is 0.258 e. The highest BCUT2D eigenvalue weighted by atomic mass is 79.9. The number of H-pyrrole nitrogens is 1. The molecule has 0 saturated heterocycles. The Bertz CT molecular complexity index is 1210. The van der Waals surface area contributed by atoms with Gasteiger partial charge >= 0.3 is 0 Å². The highest BCUT2D eigenvalue weighted by Crippen LogP contribution is 2.32. The SMILES string of the molecule is Cl.Cn1c(SCc2nc3ccccc3c(=O)[nH]2)nnc1-c1cc(Br)ccc1O. The predicted molar refractivity (Wildman–Crippen MR) is 115 cm³/mol. The van der Waals surface area contributed by atoms with Gasteiger partial charge in [0.2, 0.25) is 0 Å². The molecule has 0 saturated carbocycles. The molecule has 0 amide bonds. The van der Waals surface area contributed by atoms with E-state index in [1.807, 2.05) is 25.2 Å². The number of aromatic amines is 1. The lowest BCUT2D eigenvalue weighted by Crippen LogP contribution is -2.11. The monoisotopic (exact) mass is 479 g/mol. The molecular formula is C18H15BrClN5O2S. The Morgan fingerprint density at radius 2 is 2.00 bits per heavy atom. The van der Waals surface area contributed by atoms with Crippen molar-refractivity contribution in [3.63, 3.8) is 0 Å². The van der Waals surface area contributed by atoms with E-state index in [1.54, 1.807) is 28.8 Å². The fraction of sp³-hybridized carbons (Fsp3) is 0.111. The molecule has 0 bridgehead atoms. The molecule has 0 aliphatic rings. The van der Waals surface area contributed by atoms with E-state index >= 15 is 0 Å². The second-order valence-electron chi connectivity index (χ2n) is 5.85. The third-order valence-electron chi connectivity index (χ3n) is 4.03. The molecule has 28 heavy (non-hydrogen) atoms. The number of nitrogens with zero attached hydrogens (tertiary/aromatic N) is 4. The van der Waals surface area contributed by atoms with Crippen molar-refractivity contribution in [3.05, 3.63) is 63.1 Å². The van der Waals surface area contributed by atoms with Gasteiger partial charge in [0.25, 0.3) is 5.56 Å². The van der Waals surface area contributed by atoms with Crippen molar-refractivity contribution in [2.75, 3.05) is 0 Å². The first kappa shape index (κ1) is 20.4. The van der Waals surface area contributed by atoms with E-state index in [2.05, 4.69) is 36.1 Å². The molecule has 2 heterocycles. The third kappa shape index (κ3) is 3.91. The van der Waals surface area contributed by atoms with Gasteiger partial charge in [0.15, 0.2) is 11.0 Å². The number of aromatic nitrogens is 5. The maximum atomic E-state index is 12.2. The summed E-state index contributed by atoms with van der Waals surface area (Å²) < 4.78 is 2.64. The van der Waals surface area contributed by atoms with E-state index in [0.717, 1.165) is 4.47 Å². The third-order valence-corrected chi connectivity index (χ3v) is 5.56. The molecule has 10 heteroatoms. The molecule has 0 aliphatic heterocycles. The minimum absolute atomic E-state index is 0. The van der Waals surface area contributed by atoms with Crippen LogP contribution in [0.1, 0.15) is 5.82 Å². The van der Waals surface area contributed by atoms with Gasteiger partial charge in [0.05, 0.1) is 22.2 Å². The summed E-state index contributed by atoms with van der Waals surface area (Å²) in [6, 6.07) is 12.4.